The van der Waals surface area contributed by atoms with E-state index in [9.17, 15) is 12.8 Å². The Balaban J connectivity index is 1.88. The second-order valence-corrected chi connectivity index (χ2v) is 7.32. The van der Waals surface area contributed by atoms with Gasteiger partial charge in [-0.25, -0.2) is 12.8 Å². The highest BCUT2D eigenvalue weighted by atomic mass is 35.5. The van der Waals surface area contributed by atoms with Crippen LogP contribution in [0.3, 0.4) is 0 Å². The SMILES string of the molecule is O=S1(=O)CCC(NCc2cc(F)cc(Cl)c2)CC1. The molecule has 1 aliphatic rings. The van der Waals surface area contributed by atoms with Gasteiger partial charge in [-0.2, -0.15) is 0 Å². The average molecular weight is 292 g/mol. The Morgan fingerprint density at radius 2 is 1.94 bits per heavy atom. The van der Waals surface area contributed by atoms with E-state index >= 15 is 0 Å². The molecule has 0 unspecified atom stereocenters. The van der Waals surface area contributed by atoms with E-state index in [0.717, 1.165) is 5.56 Å². The van der Waals surface area contributed by atoms with Crippen LogP contribution >= 0.6 is 11.6 Å². The zero-order chi connectivity index (χ0) is 13.2. The monoisotopic (exact) mass is 291 g/mol. The molecule has 1 aliphatic heterocycles. The van der Waals surface area contributed by atoms with Gasteiger partial charge in [-0.15, -0.1) is 0 Å². The van der Waals surface area contributed by atoms with Crippen LogP contribution in [-0.4, -0.2) is 26.0 Å². The summed E-state index contributed by atoms with van der Waals surface area (Å²) in [4.78, 5) is 0. The number of rotatable bonds is 3. The van der Waals surface area contributed by atoms with Crippen LogP contribution in [0, 0.1) is 5.82 Å². The highest BCUT2D eigenvalue weighted by Crippen LogP contribution is 2.16. The van der Waals surface area contributed by atoms with Crippen molar-refractivity contribution < 1.29 is 12.8 Å². The van der Waals surface area contributed by atoms with Crippen molar-refractivity contribution in [2.45, 2.75) is 25.4 Å². The molecule has 3 nitrogen and oxygen atoms in total. The van der Waals surface area contributed by atoms with E-state index in [0.29, 0.717) is 24.4 Å². The van der Waals surface area contributed by atoms with Gasteiger partial charge in [0.05, 0.1) is 11.5 Å². The van der Waals surface area contributed by atoms with Gasteiger partial charge in [0.2, 0.25) is 0 Å². The molecule has 0 amide bonds. The molecule has 1 saturated heterocycles. The van der Waals surface area contributed by atoms with Gasteiger partial charge in [-0.1, -0.05) is 11.6 Å². The number of nitrogens with one attached hydrogen (secondary N) is 1. The minimum Gasteiger partial charge on any atom is -0.310 e. The maximum atomic E-state index is 13.1. The first-order chi connectivity index (χ1) is 8.44. The zero-order valence-corrected chi connectivity index (χ0v) is 11.4. The minimum atomic E-state index is -2.83. The average Bonchev–Trinajstić information content (AvgIpc) is 2.26. The Labute approximate surface area is 111 Å². The molecule has 1 aromatic carbocycles. The Bertz CT molecular complexity index is 499. The summed E-state index contributed by atoms with van der Waals surface area (Å²) in [6.07, 6.45) is 1.23. The van der Waals surface area contributed by atoms with Gasteiger partial charge in [0, 0.05) is 17.6 Å². The molecular weight excluding hydrogens is 277 g/mol. The lowest BCUT2D eigenvalue weighted by Crippen LogP contribution is -2.37. The maximum Gasteiger partial charge on any atom is 0.150 e. The first-order valence-corrected chi connectivity index (χ1v) is 8.03. The first-order valence-electron chi connectivity index (χ1n) is 5.83. The number of benzene rings is 1. The van der Waals surface area contributed by atoms with Gasteiger partial charge in [-0.05, 0) is 36.6 Å². The van der Waals surface area contributed by atoms with E-state index in [2.05, 4.69) is 5.32 Å². The second kappa shape index (κ2) is 5.55. The zero-order valence-electron chi connectivity index (χ0n) is 9.83. The van der Waals surface area contributed by atoms with Crippen LogP contribution in [-0.2, 0) is 16.4 Å². The molecule has 0 atom stereocenters. The van der Waals surface area contributed by atoms with Crippen molar-refractivity contribution in [1.29, 1.82) is 0 Å². The van der Waals surface area contributed by atoms with Crippen LogP contribution in [0.15, 0.2) is 18.2 Å². The van der Waals surface area contributed by atoms with Crippen LogP contribution in [0.1, 0.15) is 18.4 Å². The predicted molar refractivity (Wildman–Crippen MR) is 69.9 cm³/mol. The molecular formula is C12H15ClFNO2S. The first kappa shape index (κ1) is 13.8. The third kappa shape index (κ3) is 3.93. The number of hydrogen-bond acceptors (Lipinski definition) is 3. The maximum absolute atomic E-state index is 13.1. The topological polar surface area (TPSA) is 46.2 Å². The Hall–Kier alpha value is -0.650. The van der Waals surface area contributed by atoms with Crippen molar-refractivity contribution in [3.8, 4) is 0 Å². The van der Waals surface area contributed by atoms with Crippen LogP contribution in [0.5, 0.6) is 0 Å². The lowest BCUT2D eigenvalue weighted by atomic mass is 10.1. The van der Waals surface area contributed by atoms with Gasteiger partial charge in [-0.3, -0.25) is 0 Å². The molecule has 6 heteroatoms. The summed E-state index contributed by atoms with van der Waals surface area (Å²) in [6, 6.07) is 4.57. The van der Waals surface area contributed by atoms with Crippen molar-refractivity contribution >= 4 is 21.4 Å². The second-order valence-electron chi connectivity index (χ2n) is 4.58. The van der Waals surface area contributed by atoms with E-state index in [1.165, 1.54) is 12.1 Å². The summed E-state index contributed by atoms with van der Waals surface area (Å²) in [5, 5.41) is 3.61. The fourth-order valence-corrected chi connectivity index (χ4v) is 3.81. The van der Waals surface area contributed by atoms with Crippen LogP contribution < -0.4 is 5.32 Å². The van der Waals surface area contributed by atoms with Gasteiger partial charge in [0.15, 0.2) is 0 Å². The lowest BCUT2D eigenvalue weighted by Gasteiger charge is -2.23. The fraction of sp³-hybridized carbons (Fsp3) is 0.500. The van der Waals surface area contributed by atoms with Crippen LogP contribution in [0.4, 0.5) is 4.39 Å². The van der Waals surface area contributed by atoms with E-state index in [-0.39, 0.29) is 23.4 Å². The molecule has 2 rings (SSSR count). The van der Waals surface area contributed by atoms with E-state index in [4.69, 9.17) is 11.6 Å². The van der Waals surface area contributed by atoms with Crippen LogP contribution in [0.25, 0.3) is 0 Å². The lowest BCUT2D eigenvalue weighted by molar-refractivity contribution is 0.462. The summed E-state index contributed by atoms with van der Waals surface area (Å²) in [5.74, 6) is 0.105. The van der Waals surface area contributed by atoms with Crippen molar-refractivity contribution in [3.05, 3.63) is 34.6 Å². The minimum absolute atomic E-state index is 0.176. The largest absolute Gasteiger partial charge is 0.310 e. The molecule has 1 heterocycles. The highest BCUT2D eigenvalue weighted by molar-refractivity contribution is 7.91. The molecule has 100 valence electrons. The number of halogens is 2. The van der Waals surface area contributed by atoms with Gasteiger partial charge >= 0.3 is 0 Å². The molecule has 1 N–H and O–H groups in total. The molecule has 0 saturated carbocycles. The van der Waals surface area contributed by atoms with Gasteiger partial charge in [0.25, 0.3) is 0 Å². The predicted octanol–water partition coefficient (Wildman–Crippen LogP) is 2.15. The molecule has 0 bridgehead atoms. The summed E-state index contributed by atoms with van der Waals surface area (Å²) in [7, 11) is -2.83. The van der Waals surface area contributed by atoms with E-state index < -0.39 is 9.84 Å². The van der Waals surface area contributed by atoms with Crippen molar-refractivity contribution in [1.82, 2.24) is 5.32 Å². The third-order valence-electron chi connectivity index (χ3n) is 3.07. The molecule has 0 aliphatic carbocycles. The van der Waals surface area contributed by atoms with E-state index in [1.54, 1.807) is 6.07 Å². The summed E-state index contributed by atoms with van der Waals surface area (Å²) < 4.78 is 35.6. The van der Waals surface area contributed by atoms with Crippen molar-refractivity contribution in [2.24, 2.45) is 0 Å². The molecule has 0 aromatic heterocycles. The third-order valence-corrected chi connectivity index (χ3v) is 5.01. The Morgan fingerprint density at radius 1 is 1.28 bits per heavy atom. The normalized spacial score (nSPS) is 19.9. The summed E-state index contributed by atoms with van der Waals surface area (Å²) >= 11 is 5.76. The molecule has 1 fully saturated rings. The van der Waals surface area contributed by atoms with Gasteiger partial charge < -0.3 is 5.32 Å². The van der Waals surface area contributed by atoms with Gasteiger partial charge in [0.1, 0.15) is 15.7 Å². The molecule has 0 radical (unpaired) electrons. The van der Waals surface area contributed by atoms with E-state index in [1.807, 2.05) is 0 Å². The standard InChI is InChI=1S/C12H15ClFNO2S/c13-10-5-9(6-11(14)7-10)8-15-12-1-3-18(16,17)4-2-12/h5-7,12,15H,1-4,8H2. The smallest absolute Gasteiger partial charge is 0.150 e. The fourth-order valence-electron chi connectivity index (χ4n) is 2.07. The summed E-state index contributed by atoms with van der Waals surface area (Å²) in [6.45, 7) is 0.502. The number of hydrogen-bond donors (Lipinski definition) is 1. The highest BCUT2D eigenvalue weighted by Gasteiger charge is 2.22. The number of sulfone groups is 1. The van der Waals surface area contributed by atoms with Crippen molar-refractivity contribution in [2.75, 3.05) is 11.5 Å². The Morgan fingerprint density at radius 3 is 2.56 bits per heavy atom. The molecule has 18 heavy (non-hydrogen) atoms. The molecule has 0 spiro atoms. The Kier molecular flexibility index (Phi) is 4.25. The van der Waals surface area contributed by atoms with Crippen LogP contribution in [0.2, 0.25) is 5.02 Å². The molecule has 1 aromatic rings. The van der Waals surface area contributed by atoms with Crippen molar-refractivity contribution in [3.63, 3.8) is 0 Å². The summed E-state index contributed by atoms with van der Waals surface area (Å²) in [5.41, 5.74) is 0.772. The quantitative estimate of drug-likeness (QED) is 0.928.